The number of para-hydroxylation sites is 1. The number of nitrogens with zero attached hydrogens (tertiary/aromatic N) is 2. The van der Waals surface area contributed by atoms with Crippen LogP contribution >= 0.6 is 23.5 Å². The molecule has 11 aromatic rings. The monoisotopic (exact) mass is 892 g/mol. The molecule has 2 nitrogen and oxygen atoms in total. The summed E-state index contributed by atoms with van der Waals surface area (Å²) in [6, 6.07) is 84.7. The van der Waals surface area contributed by atoms with Gasteiger partial charge in [0.25, 0.3) is 0 Å². The van der Waals surface area contributed by atoms with Crippen LogP contribution in [0.15, 0.2) is 250 Å². The van der Waals surface area contributed by atoms with Crippen LogP contribution < -0.4 is 4.90 Å². The maximum Gasteiger partial charge on any atom is 0.0544 e. The first-order valence-corrected chi connectivity index (χ1v) is 24.6. The van der Waals surface area contributed by atoms with Gasteiger partial charge in [-0.1, -0.05) is 177 Å². The Kier molecular flexibility index (Phi) is 9.42. The molecule has 318 valence electrons. The Balaban J connectivity index is 0.843. The Hall–Kier alpha value is -7.50. The van der Waals surface area contributed by atoms with Crippen molar-refractivity contribution in [3.8, 4) is 50.2 Å². The first-order valence-electron chi connectivity index (χ1n) is 23.0. The van der Waals surface area contributed by atoms with E-state index < -0.39 is 0 Å². The van der Waals surface area contributed by atoms with Crippen LogP contribution in [0, 0.1) is 0 Å². The van der Waals surface area contributed by atoms with Gasteiger partial charge in [0, 0.05) is 58.5 Å². The summed E-state index contributed by atoms with van der Waals surface area (Å²) >= 11 is 3.81. The van der Waals surface area contributed by atoms with E-state index in [1.54, 1.807) is 0 Å². The summed E-state index contributed by atoms with van der Waals surface area (Å²) in [7, 11) is 0. The lowest BCUT2D eigenvalue weighted by Gasteiger charge is -2.26. The molecule has 1 aliphatic heterocycles. The summed E-state index contributed by atoms with van der Waals surface area (Å²) in [4.78, 5) is 7.74. The molecule has 0 spiro atoms. The van der Waals surface area contributed by atoms with E-state index in [1.165, 1.54) is 97.0 Å². The minimum Gasteiger partial charge on any atom is -0.311 e. The van der Waals surface area contributed by atoms with Crippen molar-refractivity contribution in [3.05, 3.63) is 242 Å². The van der Waals surface area contributed by atoms with Crippen LogP contribution in [0.5, 0.6) is 0 Å². The van der Waals surface area contributed by atoms with Gasteiger partial charge in [-0.2, -0.15) is 0 Å². The molecule has 0 atom stereocenters. The smallest absolute Gasteiger partial charge is 0.0544 e. The molecule has 0 saturated heterocycles. The molecule has 0 unspecified atom stereocenters. The summed E-state index contributed by atoms with van der Waals surface area (Å²) in [6.07, 6.45) is 0. The third-order valence-corrected chi connectivity index (χ3v) is 16.4. The van der Waals surface area contributed by atoms with Gasteiger partial charge in [-0.15, -0.1) is 0 Å². The van der Waals surface area contributed by atoms with Gasteiger partial charge in [0.2, 0.25) is 0 Å². The summed E-state index contributed by atoms with van der Waals surface area (Å²) in [6.45, 7) is 4.81. The van der Waals surface area contributed by atoms with E-state index in [0.717, 1.165) is 22.7 Å². The minimum atomic E-state index is -0.139. The number of hydrogen-bond donors (Lipinski definition) is 0. The summed E-state index contributed by atoms with van der Waals surface area (Å²) in [5.41, 5.74) is 19.5. The Morgan fingerprint density at radius 3 is 1.30 bits per heavy atom. The van der Waals surface area contributed by atoms with Crippen molar-refractivity contribution in [1.29, 1.82) is 0 Å². The highest BCUT2D eigenvalue weighted by Crippen LogP contribution is 2.56. The van der Waals surface area contributed by atoms with Crippen LogP contribution in [-0.2, 0) is 5.41 Å². The molecule has 0 amide bonds. The van der Waals surface area contributed by atoms with Gasteiger partial charge in [0.05, 0.1) is 11.0 Å². The molecule has 0 radical (unpaired) electrons. The molecule has 0 fully saturated rings. The topological polar surface area (TPSA) is 8.17 Å². The van der Waals surface area contributed by atoms with Gasteiger partial charge in [-0.25, -0.2) is 0 Å². The second kappa shape index (κ2) is 15.8. The molecule has 67 heavy (non-hydrogen) atoms. The number of rotatable bonds is 7. The first-order chi connectivity index (χ1) is 32.9. The quantitative estimate of drug-likeness (QED) is 0.158. The normalized spacial score (nSPS) is 13.2. The molecule has 2 aliphatic rings. The zero-order chi connectivity index (χ0) is 44.6. The van der Waals surface area contributed by atoms with Crippen molar-refractivity contribution in [3.63, 3.8) is 0 Å². The van der Waals surface area contributed by atoms with E-state index in [1.807, 2.05) is 23.5 Å². The molecule has 10 aromatic carbocycles. The molecule has 0 saturated carbocycles. The Labute approximate surface area is 400 Å². The predicted octanol–water partition coefficient (Wildman–Crippen LogP) is 18.2. The third-order valence-electron chi connectivity index (χ3n) is 13.9. The second-order valence-corrected chi connectivity index (χ2v) is 20.3. The second-order valence-electron chi connectivity index (χ2n) is 18.1. The van der Waals surface area contributed by atoms with Gasteiger partial charge >= 0.3 is 0 Å². The minimum absolute atomic E-state index is 0.139. The zero-order valence-electron chi connectivity index (χ0n) is 37.2. The fraction of sp³-hybridized carbons (Fsp3) is 0.0476. The van der Waals surface area contributed by atoms with Gasteiger partial charge < -0.3 is 9.47 Å². The summed E-state index contributed by atoms with van der Waals surface area (Å²) in [5.74, 6) is 0. The van der Waals surface area contributed by atoms with Crippen molar-refractivity contribution in [2.45, 2.75) is 38.8 Å². The standard InChI is InChI=1S/C63H44N2S2/c1-63(2)55-39-58-54(37-52(55)53-38-61-62(40-56(53)63)67-60-20-12-11-19-59(60)66-61)51-17-9-10-18-57(51)65(58)50-35-27-46(28-36-50)45-25-33-49(34-26-45)64(47-29-21-43(22-30-47)41-13-5-3-6-14-41)48-31-23-44(24-32-48)42-15-7-4-8-16-42/h3-40H,1-2H3. The molecule has 0 N–H and O–H groups in total. The van der Waals surface area contributed by atoms with E-state index in [0.29, 0.717) is 0 Å². The number of fused-ring (bicyclic) bond motifs is 8. The van der Waals surface area contributed by atoms with Crippen LogP contribution in [0.1, 0.15) is 25.0 Å². The van der Waals surface area contributed by atoms with Crippen LogP contribution in [0.2, 0.25) is 0 Å². The van der Waals surface area contributed by atoms with Crippen molar-refractivity contribution in [1.82, 2.24) is 4.57 Å². The lowest BCUT2D eigenvalue weighted by Crippen LogP contribution is -2.15. The van der Waals surface area contributed by atoms with Crippen LogP contribution in [-0.4, -0.2) is 4.57 Å². The van der Waals surface area contributed by atoms with E-state index in [2.05, 4.69) is 254 Å². The van der Waals surface area contributed by atoms with E-state index >= 15 is 0 Å². The van der Waals surface area contributed by atoms with Crippen LogP contribution in [0.4, 0.5) is 17.1 Å². The SMILES string of the molecule is CC1(C)c2cc3c(cc2-c2cc4c5ccccc5n(-c5ccc(-c6ccc(N(c7ccc(-c8ccccc8)cc7)c7ccc(-c8ccccc8)cc7)cc6)cc5)c4cc21)Sc1ccccc1S3. The maximum absolute atomic E-state index is 2.49. The molecule has 0 bridgehead atoms. The first kappa shape index (κ1) is 39.8. The highest BCUT2D eigenvalue weighted by Gasteiger charge is 2.38. The summed E-state index contributed by atoms with van der Waals surface area (Å²) in [5, 5.41) is 2.56. The number of hydrogen-bond acceptors (Lipinski definition) is 3. The van der Waals surface area contributed by atoms with Crippen LogP contribution in [0.25, 0.3) is 72.0 Å². The fourth-order valence-corrected chi connectivity index (χ4v) is 12.7. The molecule has 13 rings (SSSR count). The molecule has 2 heterocycles. The highest BCUT2D eigenvalue weighted by molar-refractivity contribution is 8.05. The van der Waals surface area contributed by atoms with Gasteiger partial charge in [-0.3, -0.25) is 0 Å². The van der Waals surface area contributed by atoms with E-state index in [4.69, 9.17) is 0 Å². The van der Waals surface area contributed by atoms with Gasteiger partial charge in [0.15, 0.2) is 0 Å². The average Bonchev–Trinajstić information content (AvgIpc) is 3.82. The van der Waals surface area contributed by atoms with Crippen molar-refractivity contribution in [2.24, 2.45) is 0 Å². The predicted molar refractivity (Wildman–Crippen MR) is 284 cm³/mol. The molecule has 1 aromatic heterocycles. The molecular weight excluding hydrogens is 849 g/mol. The average molecular weight is 893 g/mol. The molecular formula is C63H44N2S2. The number of aromatic nitrogens is 1. The van der Waals surface area contributed by atoms with Gasteiger partial charge in [0.1, 0.15) is 0 Å². The van der Waals surface area contributed by atoms with Crippen molar-refractivity contribution >= 4 is 62.4 Å². The van der Waals surface area contributed by atoms with E-state index in [9.17, 15) is 0 Å². The number of anilines is 3. The Bertz CT molecular complexity index is 3580. The lowest BCUT2D eigenvalue weighted by molar-refractivity contribution is 0.658. The van der Waals surface area contributed by atoms with Crippen LogP contribution in [0.3, 0.4) is 0 Å². The lowest BCUT2D eigenvalue weighted by atomic mass is 9.82. The maximum atomic E-state index is 2.49. The van der Waals surface area contributed by atoms with Crippen molar-refractivity contribution in [2.75, 3.05) is 4.90 Å². The number of benzene rings is 10. The van der Waals surface area contributed by atoms with E-state index in [-0.39, 0.29) is 5.41 Å². The van der Waals surface area contributed by atoms with Crippen molar-refractivity contribution < 1.29 is 0 Å². The fourth-order valence-electron chi connectivity index (χ4n) is 10.4. The third kappa shape index (κ3) is 6.74. The summed E-state index contributed by atoms with van der Waals surface area (Å²) < 4.78 is 2.47. The van der Waals surface area contributed by atoms with Gasteiger partial charge in [-0.05, 0) is 147 Å². The molecule has 1 aliphatic carbocycles. The zero-order valence-corrected chi connectivity index (χ0v) is 38.8. The highest BCUT2D eigenvalue weighted by atomic mass is 32.2. The largest absolute Gasteiger partial charge is 0.311 e. The Morgan fingerprint density at radius 1 is 0.343 bits per heavy atom. The molecule has 4 heteroatoms. The Morgan fingerprint density at radius 2 is 0.761 bits per heavy atom.